The summed E-state index contributed by atoms with van der Waals surface area (Å²) in [6.07, 6.45) is 15.8. The van der Waals surface area contributed by atoms with Crippen molar-refractivity contribution in [2.24, 2.45) is 52.3 Å². The molecule has 38 heavy (non-hydrogen) atoms. The Morgan fingerprint density at radius 1 is 1.00 bits per heavy atom. The van der Waals surface area contributed by atoms with Crippen LogP contribution in [0, 0.1) is 52.3 Å². The second-order valence-electron chi connectivity index (χ2n) is 14.0. The molecule has 4 saturated carbocycles. The van der Waals surface area contributed by atoms with Gasteiger partial charge in [-0.3, -0.25) is 0 Å². The third kappa shape index (κ3) is 8.06. The molecule has 0 aliphatic heterocycles. The van der Waals surface area contributed by atoms with Crippen molar-refractivity contribution >= 4 is 8.38 Å². The lowest BCUT2D eigenvalue weighted by molar-refractivity contribution is -0.168. The fourth-order valence-electron chi connectivity index (χ4n) is 9.52. The molecule has 10 atom stereocenters. The van der Waals surface area contributed by atoms with E-state index in [1.807, 2.05) is 6.92 Å². The van der Waals surface area contributed by atoms with E-state index < -0.39 is 8.38 Å². The van der Waals surface area contributed by atoms with Gasteiger partial charge in [0.1, 0.15) is 0 Å². The van der Waals surface area contributed by atoms with Crippen LogP contribution in [-0.2, 0) is 4.74 Å². The van der Waals surface area contributed by atoms with Crippen LogP contribution in [0.5, 0.6) is 0 Å². The number of aliphatic hydroxyl groups excluding tert-OH is 1. The van der Waals surface area contributed by atoms with Crippen LogP contribution in [0.3, 0.4) is 0 Å². The van der Waals surface area contributed by atoms with Gasteiger partial charge in [0, 0.05) is 20.4 Å². The molecule has 0 aromatic heterocycles. The van der Waals surface area contributed by atoms with Gasteiger partial charge in [-0.15, -0.1) is 0 Å². The van der Waals surface area contributed by atoms with Crippen molar-refractivity contribution in [3.05, 3.63) is 12.2 Å². The minimum atomic E-state index is -1.62. The van der Waals surface area contributed by atoms with E-state index in [9.17, 15) is 5.11 Å². The lowest BCUT2D eigenvalue weighted by Gasteiger charge is -2.62. The molecule has 4 aliphatic rings. The highest BCUT2D eigenvalue weighted by Gasteiger charge is 2.62. The first-order valence-corrected chi connectivity index (χ1v) is 17.5. The zero-order chi connectivity index (χ0) is 28.7. The van der Waals surface area contributed by atoms with Gasteiger partial charge < -0.3 is 19.6 Å². The standard InChI is InChI=1S/C29H50O.C3H8O.CH5O2P/c1-7-8-19(2)9-10-21(4)23-11-12-24-27-25(14-16-29(23,24)6)28(5)15-13-20(3)17-22(28)18-26(27)30;1-3-4-2;1-4(2)3/h20-27,30H,2,7-18H2,1,3-6H3;3H2,1-2H3;2-3H,1H3. The minimum Gasteiger partial charge on any atom is -0.393 e. The molecule has 3 N–H and O–H groups in total. The Hall–Kier alpha value is 0.0100. The predicted molar refractivity (Wildman–Crippen MR) is 163 cm³/mol. The van der Waals surface area contributed by atoms with Crippen LogP contribution < -0.4 is 0 Å². The fourth-order valence-corrected chi connectivity index (χ4v) is 9.52. The molecule has 0 aromatic carbocycles. The maximum Gasteiger partial charge on any atom is 0.161 e. The van der Waals surface area contributed by atoms with E-state index in [4.69, 9.17) is 9.79 Å². The van der Waals surface area contributed by atoms with Crippen molar-refractivity contribution in [1.29, 1.82) is 0 Å². The number of hydrogen-bond acceptors (Lipinski definition) is 4. The lowest BCUT2D eigenvalue weighted by atomic mass is 9.43. The molecule has 224 valence electrons. The molecule has 10 unspecified atom stereocenters. The molecule has 4 aliphatic carbocycles. The third-order valence-corrected chi connectivity index (χ3v) is 11.6. The average Bonchev–Trinajstić information content (AvgIpc) is 3.21. The van der Waals surface area contributed by atoms with Gasteiger partial charge in [0.15, 0.2) is 8.38 Å². The Balaban J connectivity index is 0.000000559. The monoisotopic (exact) mass is 554 g/mol. The zero-order valence-electron chi connectivity index (χ0n) is 26.2. The Kier molecular flexibility index (Phi) is 13.8. The van der Waals surface area contributed by atoms with Crippen LogP contribution in [0.15, 0.2) is 12.2 Å². The minimum absolute atomic E-state index is 0.0404. The second-order valence-corrected chi connectivity index (χ2v) is 15.0. The van der Waals surface area contributed by atoms with Crippen molar-refractivity contribution < 1.29 is 19.6 Å². The largest absolute Gasteiger partial charge is 0.393 e. The van der Waals surface area contributed by atoms with E-state index in [1.54, 1.807) is 7.11 Å². The molecule has 0 amide bonds. The van der Waals surface area contributed by atoms with Crippen LogP contribution in [0.1, 0.15) is 119 Å². The Morgan fingerprint density at radius 3 is 2.16 bits per heavy atom. The summed E-state index contributed by atoms with van der Waals surface area (Å²) in [7, 11) is 0.0602. The van der Waals surface area contributed by atoms with E-state index in [0.29, 0.717) is 16.7 Å². The van der Waals surface area contributed by atoms with Crippen LogP contribution in [0.2, 0.25) is 0 Å². The fraction of sp³-hybridized carbons (Fsp3) is 0.939. The normalized spacial score (nSPS) is 40.5. The molecule has 4 nitrogen and oxygen atoms in total. The number of aliphatic hydroxyl groups is 1. The zero-order valence-corrected chi connectivity index (χ0v) is 27.1. The maximum absolute atomic E-state index is 11.5. The summed E-state index contributed by atoms with van der Waals surface area (Å²) in [4.78, 5) is 15.4. The summed E-state index contributed by atoms with van der Waals surface area (Å²) in [5.41, 5.74) is 2.42. The van der Waals surface area contributed by atoms with Gasteiger partial charge in [0.25, 0.3) is 0 Å². The summed E-state index contributed by atoms with van der Waals surface area (Å²) < 4.78 is 4.54. The number of rotatable bonds is 7. The van der Waals surface area contributed by atoms with Crippen LogP contribution in [-0.4, -0.2) is 41.4 Å². The van der Waals surface area contributed by atoms with Gasteiger partial charge in [-0.1, -0.05) is 59.6 Å². The molecule has 0 radical (unpaired) electrons. The van der Waals surface area contributed by atoms with E-state index in [0.717, 1.165) is 48.5 Å². The van der Waals surface area contributed by atoms with E-state index in [-0.39, 0.29) is 6.10 Å². The summed E-state index contributed by atoms with van der Waals surface area (Å²) >= 11 is 0. The van der Waals surface area contributed by atoms with Gasteiger partial charge in [-0.25, -0.2) is 0 Å². The summed E-state index contributed by atoms with van der Waals surface area (Å²) in [6.45, 7) is 20.9. The quantitative estimate of drug-likeness (QED) is 0.218. The molecule has 0 aromatic rings. The van der Waals surface area contributed by atoms with Crippen molar-refractivity contribution in [3.8, 4) is 0 Å². The summed E-state index contributed by atoms with van der Waals surface area (Å²) in [6, 6.07) is 0. The topological polar surface area (TPSA) is 69.9 Å². The molecule has 4 fully saturated rings. The highest BCUT2D eigenvalue weighted by Crippen LogP contribution is 2.68. The number of fused-ring (bicyclic) bond motifs is 5. The van der Waals surface area contributed by atoms with Crippen molar-refractivity contribution in [1.82, 2.24) is 0 Å². The number of hydrogen-bond donors (Lipinski definition) is 3. The number of allylic oxidation sites excluding steroid dienone is 1. The number of ether oxygens (including phenoxy) is 1. The summed E-state index contributed by atoms with van der Waals surface area (Å²) in [5, 5.41) is 11.5. The van der Waals surface area contributed by atoms with Gasteiger partial charge in [-0.05, 0) is 123 Å². The van der Waals surface area contributed by atoms with Crippen LogP contribution in [0.4, 0.5) is 0 Å². The first-order chi connectivity index (χ1) is 17.8. The molecule has 0 heterocycles. The smallest absolute Gasteiger partial charge is 0.161 e. The van der Waals surface area contributed by atoms with Crippen molar-refractivity contribution in [2.45, 2.75) is 125 Å². The Bertz CT molecular complexity index is 708. The molecule has 0 saturated heterocycles. The van der Waals surface area contributed by atoms with Gasteiger partial charge in [0.05, 0.1) is 6.10 Å². The lowest BCUT2D eigenvalue weighted by Crippen LogP contribution is -2.58. The van der Waals surface area contributed by atoms with Gasteiger partial charge in [0.2, 0.25) is 0 Å². The van der Waals surface area contributed by atoms with Gasteiger partial charge >= 0.3 is 0 Å². The third-order valence-electron chi connectivity index (χ3n) is 11.6. The van der Waals surface area contributed by atoms with Crippen LogP contribution in [0.25, 0.3) is 0 Å². The van der Waals surface area contributed by atoms with E-state index >= 15 is 0 Å². The molecule has 5 heteroatoms. The first-order valence-electron chi connectivity index (χ1n) is 15.8. The van der Waals surface area contributed by atoms with Gasteiger partial charge in [-0.2, -0.15) is 0 Å². The molecule has 0 bridgehead atoms. The highest BCUT2D eigenvalue weighted by molar-refractivity contribution is 7.44. The molecular weight excluding hydrogens is 491 g/mol. The first kappa shape index (κ1) is 34.2. The SMILES string of the molecule is C=C(CCC)CCC(C)C1CCC2C3C(O)CC4CC(C)CCC4(C)C3CCC12C.CCOC.CP(O)O. The maximum atomic E-state index is 11.5. The summed E-state index contributed by atoms with van der Waals surface area (Å²) in [5.74, 6) is 5.38. The van der Waals surface area contributed by atoms with E-state index in [2.05, 4.69) is 45.9 Å². The molecule has 0 spiro atoms. The van der Waals surface area contributed by atoms with Crippen molar-refractivity contribution in [2.75, 3.05) is 20.4 Å². The van der Waals surface area contributed by atoms with Crippen LogP contribution >= 0.6 is 8.38 Å². The highest BCUT2D eigenvalue weighted by atomic mass is 31.2. The Morgan fingerprint density at radius 2 is 1.58 bits per heavy atom. The second kappa shape index (κ2) is 15.3. The Labute approximate surface area is 237 Å². The average molecular weight is 555 g/mol. The molecular formula is C33H63O4P. The van der Waals surface area contributed by atoms with E-state index in [1.165, 1.54) is 82.9 Å². The van der Waals surface area contributed by atoms with Crippen molar-refractivity contribution in [3.63, 3.8) is 0 Å². The molecule has 4 rings (SSSR count). The predicted octanol–water partition coefficient (Wildman–Crippen LogP) is 8.59. The number of methoxy groups -OCH3 is 1.